The van der Waals surface area contributed by atoms with Gasteiger partial charge in [0.15, 0.2) is 5.96 Å². The molecule has 156 valence electrons. The molecular formula is C18H39IN4O3. The second-order valence-corrected chi connectivity index (χ2v) is 5.58. The van der Waals surface area contributed by atoms with Gasteiger partial charge in [0.2, 0.25) is 5.91 Å². The Labute approximate surface area is 176 Å². The Balaban J connectivity index is 0. The summed E-state index contributed by atoms with van der Waals surface area (Å²) in [5.74, 6) is 0.886. The number of halogens is 1. The maximum atomic E-state index is 12.0. The van der Waals surface area contributed by atoms with Crippen LogP contribution >= 0.6 is 24.0 Å². The van der Waals surface area contributed by atoms with Gasteiger partial charge < -0.3 is 25.0 Å². The number of guanidine groups is 1. The van der Waals surface area contributed by atoms with Gasteiger partial charge >= 0.3 is 0 Å². The van der Waals surface area contributed by atoms with E-state index in [0.717, 1.165) is 45.0 Å². The van der Waals surface area contributed by atoms with Crippen molar-refractivity contribution in [3.63, 3.8) is 0 Å². The van der Waals surface area contributed by atoms with Crippen molar-refractivity contribution in [3.05, 3.63) is 0 Å². The predicted molar refractivity (Wildman–Crippen MR) is 118 cm³/mol. The summed E-state index contributed by atoms with van der Waals surface area (Å²) in [6, 6.07) is 0. The van der Waals surface area contributed by atoms with Gasteiger partial charge in [-0.15, -0.1) is 24.0 Å². The van der Waals surface area contributed by atoms with Gasteiger partial charge in [0, 0.05) is 39.2 Å². The zero-order valence-corrected chi connectivity index (χ0v) is 19.3. The SMILES string of the molecule is CCCCOCCOCCN=C(NCC)NCCC(=O)N(CC)CC.I. The Bertz CT molecular complexity index is 353. The summed E-state index contributed by atoms with van der Waals surface area (Å²) in [7, 11) is 0. The van der Waals surface area contributed by atoms with Crippen molar-refractivity contribution in [1.29, 1.82) is 0 Å². The third-order valence-electron chi connectivity index (χ3n) is 3.61. The molecule has 2 N–H and O–H groups in total. The number of carbonyl (C=O) groups excluding carboxylic acids is 1. The number of aliphatic imine (C=N–C) groups is 1. The van der Waals surface area contributed by atoms with Crippen LogP contribution < -0.4 is 10.6 Å². The molecule has 8 heteroatoms. The molecule has 0 atom stereocenters. The van der Waals surface area contributed by atoms with Gasteiger partial charge in [0.25, 0.3) is 0 Å². The molecule has 0 aliphatic rings. The minimum atomic E-state index is 0. The molecule has 26 heavy (non-hydrogen) atoms. The topological polar surface area (TPSA) is 75.2 Å². The van der Waals surface area contributed by atoms with E-state index in [1.807, 2.05) is 25.7 Å². The third-order valence-corrected chi connectivity index (χ3v) is 3.61. The zero-order chi connectivity index (χ0) is 18.8. The van der Waals surface area contributed by atoms with Gasteiger partial charge in [-0.05, 0) is 27.2 Å². The lowest BCUT2D eigenvalue weighted by Gasteiger charge is -2.19. The van der Waals surface area contributed by atoms with E-state index < -0.39 is 0 Å². The summed E-state index contributed by atoms with van der Waals surface area (Å²) in [5.41, 5.74) is 0. The number of hydrogen-bond acceptors (Lipinski definition) is 4. The zero-order valence-electron chi connectivity index (χ0n) is 17.0. The highest BCUT2D eigenvalue weighted by Gasteiger charge is 2.08. The minimum absolute atomic E-state index is 0. The van der Waals surface area contributed by atoms with Gasteiger partial charge in [-0.3, -0.25) is 9.79 Å². The molecule has 0 fully saturated rings. The van der Waals surface area contributed by atoms with Crippen molar-refractivity contribution >= 4 is 35.8 Å². The highest BCUT2D eigenvalue weighted by atomic mass is 127. The summed E-state index contributed by atoms with van der Waals surface area (Å²) >= 11 is 0. The van der Waals surface area contributed by atoms with Gasteiger partial charge in [-0.1, -0.05) is 13.3 Å². The van der Waals surface area contributed by atoms with Crippen LogP contribution in [0.4, 0.5) is 0 Å². The second-order valence-electron chi connectivity index (χ2n) is 5.58. The van der Waals surface area contributed by atoms with Crippen molar-refractivity contribution in [3.8, 4) is 0 Å². The average molecular weight is 486 g/mol. The number of carbonyl (C=O) groups is 1. The summed E-state index contributed by atoms with van der Waals surface area (Å²) in [4.78, 5) is 18.2. The molecule has 0 radical (unpaired) electrons. The van der Waals surface area contributed by atoms with Crippen LogP contribution in [0.3, 0.4) is 0 Å². The Kier molecular flexibility index (Phi) is 22.0. The van der Waals surface area contributed by atoms with E-state index in [1.54, 1.807) is 0 Å². The quantitative estimate of drug-likeness (QED) is 0.161. The molecule has 0 aliphatic carbocycles. The molecule has 0 saturated carbocycles. The van der Waals surface area contributed by atoms with E-state index in [2.05, 4.69) is 22.5 Å². The van der Waals surface area contributed by atoms with Crippen molar-refractivity contribution < 1.29 is 14.3 Å². The first-order valence-corrected chi connectivity index (χ1v) is 9.64. The van der Waals surface area contributed by atoms with Crippen LogP contribution in [0.2, 0.25) is 0 Å². The van der Waals surface area contributed by atoms with E-state index in [-0.39, 0.29) is 29.9 Å². The number of nitrogens with zero attached hydrogens (tertiary/aromatic N) is 2. The maximum absolute atomic E-state index is 12.0. The molecule has 0 aromatic rings. The van der Waals surface area contributed by atoms with Gasteiger partial charge in [-0.25, -0.2) is 0 Å². The molecule has 1 amide bonds. The van der Waals surface area contributed by atoms with E-state index in [4.69, 9.17) is 9.47 Å². The van der Waals surface area contributed by atoms with E-state index in [0.29, 0.717) is 39.3 Å². The van der Waals surface area contributed by atoms with Crippen LogP contribution in [0.1, 0.15) is 47.0 Å². The number of ether oxygens (including phenoxy) is 2. The number of amides is 1. The molecule has 0 rings (SSSR count). The Hall–Kier alpha value is -0.610. The van der Waals surface area contributed by atoms with Crippen LogP contribution in [-0.2, 0) is 14.3 Å². The maximum Gasteiger partial charge on any atom is 0.224 e. The van der Waals surface area contributed by atoms with Crippen molar-refractivity contribution in [1.82, 2.24) is 15.5 Å². The molecule has 0 aliphatic heterocycles. The van der Waals surface area contributed by atoms with Crippen molar-refractivity contribution in [2.75, 3.05) is 59.2 Å². The fraction of sp³-hybridized carbons (Fsp3) is 0.889. The third kappa shape index (κ3) is 15.6. The number of hydrogen-bond donors (Lipinski definition) is 2. The smallest absolute Gasteiger partial charge is 0.224 e. The lowest BCUT2D eigenvalue weighted by Crippen LogP contribution is -2.40. The number of nitrogens with one attached hydrogen (secondary N) is 2. The normalized spacial score (nSPS) is 11.0. The first-order valence-electron chi connectivity index (χ1n) is 9.64. The lowest BCUT2D eigenvalue weighted by molar-refractivity contribution is -0.130. The standard InChI is InChI=1S/C18H38N4O3.HI/c1-5-9-13-24-15-16-25-14-12-21-18(19-6-2)20-11-10-17(23)22(7-3)8-4;/h5-16H2,1-4H3,(H2,19,20,21);1H. The Morgan fingerprint density at radius 3 is 2.19 bits per heavy atom. The first kappa shape index (κ1) is 27.6. The number of unbranched alkanes of at least 4 members (excludes halogenated alkanes) is 1. The summed E-state index contributed by atoms with van der Waals surface area (Å²) in [5, 5.41) is 6.36. The fourth-order valence-electron chi connectivity index (χ4n) is 2.15. The summed E-state index contributed by atoms with van der Waals surface area (Å²) in [6.45, 7) is 14.2. The monoisotopic (exact) mass is 486 g/mol. The largest absolute Gasteiger partial charge is 0.379 e. The molecule has 0 aromatic heterocycles. The van der Waals surface area contributed by atoms with Crippen molar-refractivity contribution in [2.45, 2.75) is 47.0 Å². The van der Waals surface area contributed by atoms with Crippen LogP contribution in [0.25, 0.3) is 0 Å². The summed E-state index contributed by atoms with van der Waals surface area (Å²) < 4.78 is 10.9. The highest BCUT2D eigenvalue weighted by Crippen LogP contribution is 1.92. The Morgan fingerprint density at radius 1 is 0.962 bits per heavy atom. The Morgan fingerprint density at radius 2 is 1.62 bits per heavy atom. The van der Waals surface area contributed by atoms with E-state index >= 15 is 0 Å². The average Bonchev–Trinajstić information content (AvgIpc) is 2.61. The molecule has 0 heterocycles. The van der Waals surface area contributed by atoms with Gasteiger partial charge in [-0.2, -0.15) is 0 Å². The van der Waals surface area contributed by atoms with E-state index in [9.17, 15) is 4.79 Å². The summed E-state index contributed by atoms with van der Waals surface area (Å²) in [6.07, 6.45) is 2.72. The molecule has 0 bridgehead atoms. The number of rotatable bonds is 15. The van der Waals surface area contributed by atoms with Crippen LogP contribution in [0.15, 0.2) is 4.99 Å². The highest BCUT2D eigenvalue weighted by molar-refractivity contribution is 14.0. The molecule has 0 unspecified atom stereocenters. The predicted octanol–water partition coefficient (Wildman–Crippen LogP) is 2.25. The molecule has 7 nitrogen and oxygen atoms in total. The van der Waals surface area contributed by atoms with Crippen LogP contribution in [0.5, 0.6) is 0 Å². The molecule has 0 spiro atoms. The minimum Gasteiger partial charge on any atom is -0.379 e. The first-order chi connectivity index (χ1) is 12.2. The molecular weight excluding hydrogens is 447 g/mol. The molecule has 0 aromatic carbocycles. The van der Waals surface area contributed by atoms with Crippen LogP contribution in [0, 0.1) is 0 Å². The second kappa shape index (κ2) is 20.7. The van der Waals surface area contributed by atoms with Gasteiger partial charge in [0.1, 0.15) is 0 Å². The fourth-order valence-corrected chi connectivity index (χ4v) is 2.15. The van der Waals surface area contributed by atoms with Crippen molar-refractivity contribution in [2.24, 2.45) is 4.99 Å². The van der Waals surface area contributed by atoms with E-state index in [1.165, 1.54) is 0 Å². The molecule has 0 saturated heterocycles. The van der Waals surface area contributed by atoms with Gasteiger partial charge in [0.05, 0.1) is 26.4 Å². The lowest BCUT2D eigenvalue weighted by atomic mass is 10.3. The van der Waals surface area contributed by atoms with Crippen LogP contribution in [-0.4, -0.2) is 75.9 Å².